The highest BCUT2D eigenvalue weighted by molar-refractivity contribution is 5.89. The molecular weight excluding hydrogens is 198 g/mol. The van der Waals surface area contributed by atoms with Crippen LogP contribution in [0.3, 0.4) is 0 Å². The molecule has 2 heterocycles. The number of aliphatic hydroxyl groups is 1. The fraction of sp³-hybridized carbons (Fsp3) is 0.400. The van der Waals surface area contributed by atoms with Crippen molar-refractivity contribution in [1.82, 2.24) is 4.98 Å². The molecule has 15 heavy (non-hydrogen) atoms. The lowest BCUT2D eigenvalue weighted by molar-refractivity contribution is 0.0525. The van der Waals surface area contributed by atoms with Crippen molar-refractivity contribution in [2.45, 2.75) is 13.0 Å². The summed E-state index contributed by atoms with van der Waals surface area (Å²) in [6.07, 6.45) is 0.677. The molecule has 1 unspecified atom stereocenters. The van der Waals surface area contributed by atoms with Gasteiger partial charge in [0.1, 0.15) is 12.7 Å². The fourth-order valence-electron chi connectivity index (χ4n) is 1.40. The number of aromatic nitrogens is 1. The van der Waals surface area contributed by atoms with E-state index in [1.165, 1.54) is 6.20 Å². The summed E-state index contributed by atoms with van der Waals surface area (Å²) in [5.41, 5.74) is 0.876. The molecule has 80 valence electrons. The van der Waals surface area contributed by atoms with Gasteiger partial charge in [0.25, 0.3) is 0 Å². The number of rotatable bonds is 2. The van der Waals surface area contributed by atoms with Crippen LogP contribution in [0.5, 0.6) is 5.88 Å². The minimum absolute atomic E-state index is 0.189. The second-order valence-electron chi connectivity index (χ2n) is 3.17. The first-order valence-corrected chi connectivity index (χ1v) is 4.70. The smallest absolute Gasteiger partial charge is 0.339 e. The predicted octanol–water partition coefficient (Wildman–Crippen LogP) is 0.684. The molecule has 0 amide bonds. The Kier molecular flexibility index (Phi) is 2.55. The summed E-state index contributed by atoms with van der Waals surface area (Å²) in [6.45, 7) is 2.24. The van der Waals surface area contributed by atoms with Gasteiger partial charge in [0, 0.05) is 11.8 Å². The van der Waals surface area contributed by atoms with Crippen LogP contribution in [0.25, 0.3) is 0 Å². The van der Waals surface area contributed by atoms with E-state index in [1.807, 2.05) is 0 Å². The molecular formula is C10H11NO4. The molecule has 1 aliphatic heterocycles. The highest BCUT2D eigenvalue weighted by Crippen LogP contribution is 2.30. The van der Waals surface area contributed by atoms with Crippen LogP contribution in [0.15, 0.2) is 12.3 Å². The zero-order chi connectivity index (χ0) is 10.8. The summed E-state index contributed by atoms with van der Waals surface area (Å²) in [5, 5.41) is 9.50. The van der Waals surface area contributed by atoms with E-state index in [-0.39, 0.29) is 6.61 Å². The maximum atomic E-state index is 11.4. The van der Waals surface area contributed by atoms with Crippen LogP contribution < -0.4 is 4.74 Å². The maximum Gasteiger partial charge on any atom is 0.339 e. The van der Waals surface area contributed by atoms with Crippen LogP contribution in [-0.2, 0) is 4.74 Å². The average Bonchev–Trinajstić information content (AvgIpc) is 2.60. The monoisotopic (exact) mass is 209 g/mol. The third-order valence-corrected chi connectivity index (χ3v) is 2.13. The van der Waals surface area contributed by atoms with Crippen molar-refractivity contribution in [3.8, 4) is 5.88 Å². The van der Waals surface area contributed by atoms with Crippen LogP contribution >= 0.6 is 0 Å². The van der Waals surface area contributed by atoms with Gasteiger partial charge in [0.2, 0.25) is 5.88 Å². The summed E-state index contributed by atoms with van der Waals surface area (Å²) >= 11 is 0. The molecule has 1 aromatic heterocycles. The fourth-order valence-corrected chi connectivity index (χ4v) is 1.40. The normalized spacial score (nSPS) is 18.1. The molecule has 0 fully saturated rings. The van der Waals surface area contributed by atoms with E-state index >= 15 is 0 Å². The van der Waals surface area contributed by atoms with Crippen LogP contribution in [-0.4, -0.2) is 29.3 Å². The minimum atomic E-state index is -0.707. The second-order valence-corrected chi connectivity index (χ2v) is 3.17. The van der Waals surface area contributed by atoms with Crippen LogP contribution in [0.2, 0.25) is 0 Å². The van der Waals surface area contributed by atoms with Crippen molar-refractivity contribution in [3.05, 3.63) is 23.4 Å². The number of hydrogen-bond donors (Lipinski definition) is 1. The number of hydrogen-bond acceptors (Lipinski definition) is 5. The molecule has 0 saturated carbocycles. The highest BCUT2D eigenvalue weighted by Gasteiger charge is 2.24. The Morgan fingerprint density at radius 2 is 2.60 bits per heavy atom. The maximum absolute atomic E-state index is 11.4. The number of esters is 1. The van der Waals surface area contributed by atoms with E-state index in [4.69, 9.17) is 9.47 Å². The molecule has 2 rings (SSSR count). The predicted molar refractivity (Wildman–Crippen MR) is 50.6 cm³/mol. The van der Waals surface area contributed by atoms with Crippen LogP contribution in [0.1, 0.15) is 28.9 Å². The van der Waals surface area contributed by atoms with Gasteiger partial charge in [-0.15, -0.1) is 0 Å². The van der Waals surface area contributed by atoms with E-state index in [1.54, 1.807) is 13.0 Å². The lowest BCUT2D eigenvalue weighted by Gasteiger charge is -2.03. The minimum Gasteiger partial charge on any atom is -0.474 e. The number of pyridine rings is 1. The Hall–Kier alpha value is -1.62. The van der Waals surface area contributed by atoms with Gasteiger partial charge < -0.3 is 14.6 Å². The van der Waals surface area contributed by atoms with E-state index < -0.39 is 12.1 Å². The standard InChI is InChI=1S/C10H11NO4/c1-2-14-10(13)6-3-7-8(12)5-15-9(7)11-4-6/h3-4,8,12H,2,5H2,1H3. The lowest BCUT2D eigenvalue weighted by atomic mass is 10.1. The number of ether oxygens (including phenoxy) is 2. The van der Waals surface area contributed by atoms with Crippen molar-refractivity contribution in [2.75, 3.05) is 13.2 Å². The third-order valence-electron chi connectivity index (χ3n) is 2.13. The molecule has 5 heteroatoms. The molecule has 0 aliphatic carbocycles. The van der Waals surface area contributed by atoms with Crippen LogP contribution in [0, 0.1) is 0 Å². The molecule has 0 aromatic carbocycles. The van der Waals surface area contributed by atoms with Gasteiger partial charge in [-0.3, -0.25) is 0 Å². The van der Waals surface area contributed by atoms with Gasteiger partial charge in [-0.25, -0.2) is 9.78 Å². The SMILES string of the molecule is CCOC(=O)c1cnc2c(c1)C(O)CO2. The Labute approximate surface area is 86.7 Å². The Bertz CT molecular complexity index is 391. The van der Waals surface area contributed by atoms with Crippen molar-refractivity contribution in [3.63, 3.8) is 0 Å². The zero-order valence-corrected chi connectivity index (χ0v) is 8.27. The molecule has 0 saturated heterocycles. The molecule has 1 aliphatic rings. The molecule has 5 nitrogen and oxygen atoms in total. The molecule has 1 aromatic rings. The van der Waals surface area contributed by atoms with Gasteiger partial charge in [0.05, 0.1) is 12.2 Å². The van der Waals surface area contributed by atoms with E-state index in [9.17, 15) is 9.90 Å². The molecule has 0 spiro atoms. The topological polar surface area (TPSA) is 68.7 Å². The van der Waals surface area contributed by atoms with Gasteiger partial charge in [-0.2, -0.15) is 0 Å². The Morgan fingerprint density at radius 1 is 1.80 bits per heavy atom. The quantitative estimate of drug-likeness (QED) is 0.725. The van der Waals surface area contributed by atoms with Crippen LogP contribution in [0.4, 0.5) is 0 Å². The summed E-state index contributed by atoms with van der Waals surface area (Å²) < 4.78 is 9.91. The summed E-state index contributed by atoms with van der Waals surface area (Å²) in [4.78, 5) is 15.3. The third kappa shape index (κ3) is 1.78. The number of nitrogens with zero attached hydrogens (tertiary/aromatic N) is 1. The second kappa shape index (κ2) is 3.86. The first kappa shape index (κ1) is 9.92. The average molecular weight is 209 g/mol. The highest BCUT2D eigenvalue weighted by atomic mass is 16.5. The zero-order valence-electron chi connectivity index (χ0n) is 8.27. The van der Waals surface area contributed by atoms with Gasteiger partial charge in [-0.05, 0) is 13.0 Å². The molecule has 1 N–H and O–H groups in total. The Balaban J connectivity index is 2.29. The number of carbonyl (C=O) groups is 1. The molecule has 0 radical (unpaired) electrons. The number of fused-ring (bicyclic) bond motifs is 1. The number of carbonyl (C=O) groups excluding carboxylic acids is 1. The summed E-state index contributed by atoms with van der Waals surface area (Å²) in [6, 6.07) is 1.55. The van der Waals surface area contributed by atoms with Crippen molar-refractivity contribution < 1.29 is 19.4 Å². The van der Waals surface area contributed by atoms with Crippen molar-refractivity contribution in [2.24, 2.45) is 0 Å². The van der Waals surface area contributed by atoms with Crippen molar-refractivity contribution in [1.29, 1.82) is 0 Å². The van der Waals surface area contributed by atoms with Crippen molar-refractivity contribution >= 4 is 5.97 Å². The van der Waals surface area contributed by atoms with Gasteiger partial charge >= 0.3 is 5.97 Å². The summed E-state index contributed by atoms with van der Waals surface area (Å²) in [5.74, 6) is -0.0533. The first-order chi connectivity index (χ1) is 7.22. The van der Waals surface area contributed by atoms with Gasteiger partial charge in [0.15, 0.2) is 0 Å². The first-order valence-electron chi connectivity index (χ1n) is 4.70. The van der Waals surface area contributed by atoms with E-state index in [2.05, 4.69) is 4.98 Å². The Morgan fingerprint density at radius 3 is 3.33 bits per heavy atom. The largest absolute Gasteiger partial charge is 0.474 e. The number of aliphatic hydroxyl groups excluding tert-OH is 1. The van der Waals surface area contributed by atoms with E-state index in [0.29, 0.717) is 23.6 Å². The molecule has 0 bridgehead atoms. The lowest BCUT2D eigenvalue weighted by Crippen LogP contribution is -2.06. The summed E-state index contributed by atoms with van der Waals surface area (Å²) in [7, 11) is 0. The van der Waals surface area contributed by atoms with Gasteiger partial charge in [-0.1, -0.05) is 0 Å². The molecule has 1 atom stereocenters. The van der Waals surface area contributed by atoms with E-state index in [0.717, 1.165) is 0 Å².